The first kappa shape index (κ1) is 9.34. The van der Waals surface area contributed by atoms with Gasteiger partial charge in [0.25, 0.3) is 0 Å². The van der Waals surface area contributed by atoms with E-state index in [2.05, 4.69) is 4.72 Å². The fraction of sp³-hybridized carbons (Fsp3) is 0.889. The lowest BCUT2D eigenvalue weighted by Gasteiger charge is -2.31. The summed E-state index contributed by atoms with van der Waals surface area (Å²) in [7, 11) is 0. The number of nitrogens with one attached hydrogen (secondary N) is 1. The summed E-state index contributed by atoms with van der Waals surface area (Å²) in [6.45, 7) is 0. The number of hydrogen-bond acceptors (Lipinski definition) is 3. The molecule has 0 aromatic rings. The number of hydrogen-bond donors (Lipinski definition) is 2. The molecule has 1 heterocycles. The summed E-state index contributed by atoms with van der Waals surface area (Å²) in [5, 5.41) is 0. The van der Waals surface area contributed by atoms with Crippen molar-refractivity contribution >= 4 is 17.9 Å². The minimum Gasteiger partial charge on any atom is -0.370 e. The van der Waals surface area contributed by atoms with E-state index in [9.17, 15) is 4.79 Å². The molecule has 2 atom stereocenters. The average Bonchev–Trinajstić information content (AvgIpc) is 2.87. The zero-order valence-electron chi connectivity index (χ0n) is 7.66. The molecule has 1 amide bonds. The average molecular weight is 200 g/mol. The lowest BCUT2D eigenvalue weighted by Crippen LogP contribution is -2.40. The van der Waals surface area contributed by atoms with Crippen LogP contribution in [0.15, 0.2) is 0 Å². The van der Waals surface area contributed by atoms with Crippen LogP contribution in [0.1, 0.15) is 25.7 Å². The second-order valence-electron chi connectivity index (χ2n) is 4.05. The Kier molecular flexibility index (Phi) is 2.79. The van der Waals surface area contributed by atoms with Gasteiger partial charge in [-0.15, -0.1) is 0 Å². The van der Waals surface area contributed by atoms with Crippen LogP contribution >= 0.6 is 11.9 Å². The van der Waals surface area contributed by atoms with Crippen LogP contribution < -0.4 is 10.5 Å². The van der Waals surface area contributed by atoms with Crippen LogP contribution in [-0.2, 0) is 4.79 Å². The Bertz CT molecular complexity index is 206. The van der Waals surface area contributed by atoms with Gasteiger partial charge in [-0.25, -0.2) is 0 Å². The van der Waals surface area contributed by atoms with E-state index in [1.54, 1.807) is 11.9 Å². The number of amides is 1. The summed E-state index contributed by atoms with van der Waals surface area (Å²) in [5.74, 6) is 2.27. The third kappa shape index (κ3) is 2.38. The van der Waals surface area contributed by atoms with Crippen LogP contribution in [0.4, 0.5) is 0 Å². The van der Waals surface area contributed by atoms with Gasteiger partial charge >= 0.3 is 0 Å². The molecular formula is C9H16N2OS. The summed E-state index contributed by atoms with van der Waals surface area (Å²) in [6.07, 6.45) is 4.36. The minimum absolute atomic E-state index is 0.149. The Morgan fingerprint density at radius 1 is 1.46 bits per heavy atom. The molecule has 3 nitrogen and oxygen atoms in total. The molecule has 4 heteroatoms. The molecule has 2 aliphatic rings. The highest BCUT2D eigenvalue weighted by Crippen LogP contribution is 2.40. The molecule has 0 spiro atoms. The highest BCUT2D eigenvalue weighted by Gasteiger charge is 2.38. The van der Waals surface area contributed by atoms with Crippen LogP contribution in [0.5, 0.6) is 0 Å². The van der Waals surface area contributed by atoms with E-state index < -0.39 is 0 Å². The SMILES string of the molecule is NC(=O)CC1CCSNC1C1CC1. The fourth-order valence-electron chi connectivity index (χ4n) is 2.07. The molecule has 74 valence electrons. The van der Waals surface area contributed by atoms with Crippen molar-refractivity contribution in [2.24, 2.45) is 17.6 Å². The van der Waals surface area contributed by atoms with Gasteiger partial charge in [-0.05, 0) is 31.1 Å². The predicted octanol–water partition coefficient (Wildman–Crippen LogP) is 0.898. The van der Waals surface area contributed by atoms with E-state index in [1.807, 2.05) is 0 Å². The molecule has 2 unspecified atom stereocenters. The molecule has 1 aliphatic heterocycles. The molecule has 2 fully saturated rings. The molecule has 0 bridgehead atoms. The number of carbonyl (C=O) groups excluding carboxylic acids is 1. The monoisotopic (exact) mass is 200 g/mol. The molecule has 0 radical (unpaired) electrons. The third-order valence-corrected chi connectivity index (χ3v) is 3.79. The van der Waals surface area contributed by atoms with Gasteiger partial charge in [0.15, 0.2) is 0 Å². The van der Waals surface area contributed by atoms with Crippen molar-refractivity contribution in [2.75, 3.05) is 5.75 Å². The summed E-state index contributed by atoms with van der Waals surface area (Å²) < 4.78 is 3.45. The standard InChI is InChI=1S/C9H16N2OS/c10-8(12)5-7-3-4-13-11-9(7)6-1-2-6/h6-7,9,11H,1-5H2,(H2,10,12). The van der Waals surface area contributed by atoms with Crippen LogP contribution in [0.25, 0.3) is 0 Å². The van der Waals surface area contributed by atoms with Crippen molar-refractivity contribution in [2.45, 2.75) is 31.7 Å². The van der Waals surface area contributed by atoms with Crippen molar-refractivity contribution in [1.82, 2.24) is 4.72 Å². The second-order valence-corrected chi connectivity index (χ2v) is 4.98. The van der Waals surface area contributed by atoms with Gasteiger partial charge in [0.1, 0.15) is 0 Å². The number of nitrogens with two attached hydrogens (primary N) is 1. The van der Waals surface area contributed by atoms with Gasteiger partial charge in [-0.2, -0.15) is 0 Å². The lowest BCUT2D eigenvalue weighted by molar-refractivity contribution is -0.119. The Morgan fingerprint density at radius 3 is 2.85 bits per heavy atom. The van der Waals surface area contributed by atoms with Crippen molar-refractivity contribution in [3.63, 3.8) is 0 Å². The number of primary amides is 1. The van der Waals surface area contributed by atoms with E-state index in [-0.39, 0.29) is 5.91 Å². The maximum atomic E-state index is 10.8. The first-order valence-electron chi connectivity index (χ1n) is 4.93. The third-order valence-electron chi connectivity index (χ3n) is 2.91. The first-order valence-corrected chi connectivity index (χ1v) is 5.91. The number of rotatable bonds is 3. The van der Waals surface area contributed by atoms with E-state index >= 15 is 0 Å². The lowest BCUT2D eigenvalue weighted by atomic mass is 9.90. The largest absolute Gasteiger partial charge is 0.370 e. The topological polar surface area (TPSA) is 55.1 Å². The van der Waals surface area contributed by atoms with Crippen molar-refractivity contribution < 1.29 is 4.79 Å². The summed E-state index contributed by atoms with van der Waals surface area (Å²) in [4.78, 5) is 10.8. The molecule has 13 heavy (non-hydrogen) atoms. The van der Waals surface area contributed by atoms with Gasteiger partial charge in [0.2, 0.25) is 5.91 Å². The minimum atomic E-state index is -0.149. The normalized spacial score (nSPS) is 34.5. The van der Waals surface area contributed by atoms with Gasteiger partial charge < -0.3 is 5.73 Å². The second kappa shape index (κ2) is 3.88. The number of carbonyl (C=O) groups is 1. The van der Waals surface area contributed by atoms with Gasteiger partial charge in [-0.1, -0.05) is 11.9 Å². The van der Waals surface area contributed by atoms with E-state index in [1.165, 1.54) is 12.8 Å². The zero-order chi connectivity index (χ0) is 9.26. The fourth-order valence-corrected chi connectivity index (χ4v) is 3.18. The smallest absolute Gasteiger partial charge is 0.217 e. The highest BCUT2D eigenvalue weighted by molar-refractivity contribution is 7.97. The van der Waals surface area contributed by atoms with Crippen LogP contribution in [0.3, 0.4) is 0 Å². The predicted molar refractivity (Wildman–Crippen MR) is 54.0 cm³/mol. The molecule has 1 saturated carbocycles. The maximum Gasteiger partial charge on any atom is 0.217 e. The Morgan fingerprint density at radius 2 is 2.23 bits per heavy atom. The highest BCUT2D eigenvalue weighted by atomic mass is 32.2. The van der Waals surface area contributed by atoms with Gasteiger partial charge in [-0.3, -0.25) is 9.52 Å². The molecule has 3 N–H and O–H groups in total. The summed E-state index contributed by atoms with van der Waals surface area (Å²) in [6, 6.07) is 0.547. The van der Waals surface area contributed by atoms with E-state index in [0.29, 0.717) is 18.4 Å². The maximum absolute atomic E-state index is 10.8. The molecule has 0 aromatic heterocycles. The van der Waals surface area contributed by atoms with E-state index in [4.69, 9.17) is 5.73 Å². The van der Waals surface area contributed by atoms with Crippen molar-refractivity contribution in [3.05, 3.63) is 0 Å². The van der Waals surface area contributed by atoms with E-state index in [0.717, 1.165) is 18.1 Å². The molecule has 1 aliphatic carbocycles. The van der Waals surface area contributed by atoms with Crippen LogP contribution in [-0.4, -0.2) is 17.7 Å². The molecular weight excluding hydrogens is 184 g/mol. The molecule has 2 rings (SSSR count). The van der Waals surface area contributed by atoms with Crippen molar-refractivity contribution in [3.8, 4) is 0 Å². The molecule has 0 aromatic carbocycles. The van der Waals surface area contributed by atoms with Crippen LogP contribution in [0.2, 0.25) is 0 Å². The van der Waals surface area contributed by atoms with Crippen molar-refractivity contribution in [1.29, 1.82) is 0 Å². The van der Waals surface area contributed by atoms with Gasteiger partial charge in [0.05, 0.1) is 0 Å². The first-order chi connectivity index (χ1) is 6.27. The van der Waals surface area contributed by atoms with Gasteiger partial charge in [0, 0.05) is 18.2 Å². The Balaban J connectivity index is 1.91. The Hall–Kier alpha value is -0.220. The Labute approximate surface area is 83.0 Å². The molecule has 1 saturated heterocycles. The quantitative estimate of drug-likeness (QED) is 0.665. The summed E-state index contributed by atoms with van der Waals surface area (Å²) in [5.41, 5.74) is 5.23. The summed E-state index contributed by atoms with van der Waals surface area (Å²) >= 11 is 1.80. The zero-order valence-corrected chi connectivity index (χ0v) is 8.48. The van der Waals surface area contributed by atoms with Crippen LogP contribution in [0, 0.1) is 11.8 Å².